The van der Waals surface area contributed by atoms with Gasteiger partial charge in [-0.05, 0) is 49.7 Å². The second kappa shape index (κ2) is 10.4. The van der Waals surface area contributed by atoms with Crippen LogP contribution in [0.3, 0.4) is 0 Å². The molecule has 0 aliphatic carbocycles. The van der Waals surface area contributed by atoms with Gasteiger partial charge in [0.05, 0.1) is 39.8 Å². The molecule has 0 bridgehead atoms. The first-order chi connectivity index (χ1) is 17.1. The lowest BCUT2D eigenvalue weighted by molar-refractivity contribution is 0.0262. The molecule has 1 fully saturated rings. The lowest BCUT2D eigenvalue weighted by Gasteiger charge is -2.25. The van der Waals surface area contributed by atoms with E-state index in [0.29, 0.717) is 24.8 Å². The zero-order valence-corrected chi connectivity index (χ0v) is 20.6. The number of aliphatic imine (C=N–C) groups is 1. The molecule has 4 aromatic rings. The van der Waals surface area contributed by atoms with Crippen molar-refractivity contribution in [1.82, 2.24) is 15.0 Å². The summed E-state index contributed by atoms with van der Waals surface area (Å²) in [4.78, 5) is 18.0. The SMILES string of the molecule is CC(C)N=C/C(=C\N)c1cc(OC2CCOCC2)c2c(Nc3ccc4ncsc4c3)ncnc2c1. The van der Waals surface area contributed by atoms with Crippen LogP contribution in [-0.2, 0) is 4.74 Å². The van der Waals surface area contributed by atoms with Crippen LogP contribution in [0.4, 0.5) is 11.5 Å². The van der Waals surface area contributed by atoms with Gasteiger partial charge in [-0.1, -0.05) is 0 Å². The Morgan fingerprint density at radius 2 is 2.03 bits per heavy atom. The third-order valence-electron chi connectivity index (χ3n) is 5.78. The van der Waals surface area contributed by atoms with Crippen molar-refractivity contribution >= 4 is 55.7 Å². The number of rotatable bonds is 7. The van der Waals surface area contributed by atoms with Crippen LogP contribution in [0, 0.1) is 0 Å². The smallest absolute Gasteiger partial charge is 0.145 e. The zero-order chi connectivity index (χ0) is 24.2. The average molecular weight is 489 g/mol. The summed E-state index contributed by atoms with van der Waals surface area (Å²) >= 11 is 1.61. The van der Waals surface area contributed by atoms with Gasteiger partial charge in [0.2, 0.25) is 0 Å². The van der Waals surface area contributed by atoms with Crippen molar-refractivity contribution < 1.29 is 9.47 Å². The Bertz CT molecular complexity index is 1390. The van der Waals surface area contributed by atoms with Crippen molar-refractivity contribution in [3.8, 4) is 5.75 Å². The molecule has 0 amide bonds. The molecule has 2 aromatic carbocycles. The van der Waals surface area contributed by atoms with Gasteiger partial charge in [-0.2, -0.15) is 0 Å². The molecule has 3 heterocycles. The van der Waals surface area contributed by atoms with Gasteiger partial charge in [-0.25, -0.2) is 15.0 Å². The van der Waals surface area contributed by atoms with Crippen LogP contribution in [0.1, 0.15) is 32.3 Å². The summed E-state index contributed by atoms with van der Waals surface area (Å²) < 4.78 is 13.2. The van der Waals surface area contributed by atoms with Crippen molar-refractivity contribution in [2.45, 2.75) is 38.8 Å². The molecule has 8 nitrogen and oxygen atoms in total. The maximum atomic E-state index is 6.55. The molecule has 1 aliphatic rings. The number of thiazole rings is 1. The Labute approximate surface area is 207 Å². The van der Waals surface area contributed by atoms with E-state index in [1.807, 2.05) is 43.6 Å². The van der Waals surface area contributed by atoms with Gasteiger partial charge < -0.3 is 20.5 Å². The van der Waals surface area contributed by atoms with Crippen molar-refractivity contribution in [1.29, 1.82) is 0 Å². The molecule has 2 aromatic heterocycles. The molecule has 0 radical (unpaired) electrons. The molecule has 0 spiro atoms. The molecular formula is C26H28N6O2S. The number of nitrogens with one attached hydrogen (secondary N) is 1. The summed E-state index contributed by atoms with van der Waals surface area (Å²) in [5, 5.41) is 4.29. The number of hydrogen-bond donors (Lipinski definition) is 2. The second-order valence-electron chi connectivity index (χ2n) is 8.67. The molecule has 3 N–H and O–H groups in total. The fraction of sp³-hybridized carbons (Fsp3) is 0.308. The Kier molecular flexibility index (Phi) is 6.87. The highest BCUT2D eigenvalue weighted by molar-refractivity contribution is 7.16. The predicted molar refractivity (Wildman–Crippen MR) is 143 cm³/mol. The summed E-state index contributed by atoms with van der Waals surface area (Å²) in [6, 6.07) is 10.2. The van der Waals surface area contributed by atoms with Gasteiger partial charge in [0, 0.05) is 42.6 Å². The zero-order valence-electron chi connectivity index (χ0n) is 19.8. The molecule has 5 rings (SSSR count). The molecule has 0 saturated carbocycles. The van der Waals surface area contributed by atoms with Gasteiger partial charge >= 0.3 is 0 Å². The topological polar surface area (TPSA) is 108 Å². The van der Waals surface area contributed by atoms with E-state index in [0.717, 1.165) is 50.8 Å². The molecule has 180 valence electrons. The number of fused-ring (bicyclic) bond motifs is 2. The number of allylic oxidation sites excluding steroid dienone is 1. The van der Waals surface area contributed by atoms with E-state index < -0.39 is 0 Å². The fourth-order valence-electron chi connectivity index (χ4n) is 3.99. The van der Waals surface area contributed by atoms with E-state index >= 15 is 0 Å². The Morgan fingerprint density at radius 3 is 2.83 bits per heavy atom. The minimum absolute atomic E-state index is 0.0541. The van der Waals surface area contributed by atoms with Crippen LogP contribution in [0.25, 0.3) is 26.7 Å². The van der Waals surface area contributed by atoms with Crippen LogP contribution in [0.2, 0.25) is 0 Å². The van der Waals surface area contributed by atoms with Gasteiger partial charge in [0.15, 0.2) is 0 Å². The molecule has 9 heteroatoms. The van der Waals surface area contributed by atoms with Crippen molar-refractivity contribution in [2.24, 2.45) is 10.7 Å². The monoisotopic (exact) mass is 488 g/mol. The van der Waals surface area contributed by atoms with Crippen molar-refractivity contribution in [3.05, 3.63) is 53.9 Å². The molecule has 1 saturated heterocycles. The Balaban J connectivity index is 1.59. The van der Waals surface area contributed by atoms with E-state index in [-0.39, 0.29) is 12.1 Å². The summed E-state index contributed by atoms with van der Waals surface area (Å²) in [5.74, 6) is 1.39. The highest BCUT2D eigenvalue weighted by atomic mass is 32.1. The minimum Gasteiger partial charge on any atom is -0.489 e. The lowest BCUT2D eigenvalue weighted by atomic mass is 10.0. The lowest BCUT2D eigenvalue weighted by Crippen LogP contribution is -2.26. The van der Waals surface area contributed by atoms with Gasteiger partial charge in [-0.15, -0.1) is 11.3 Å². The maximum Gasteiger partial charge on any atom is 0.145 e. The number of hydrogen-bond acceptors (Lipinski definition) is 9. The van der Waals surface area contributed by atoms with E-state index in [1.165, 1.54) is 0 Å². The molecule has 0 atom stereocenters. The van der Waals surface area contributed by atoms with E-state index in [1.54, 1.807) is 30.1 Å². The minimum atomic E-state index is 0.0541. The maximum absolute atomic E-state index is 6.55. The van der Waals surface area contributed by atoms with Crippen LogP contribution in [0.15, 0.2) is 53.4 Å². The van der Waals surface area contributed by atoms with Crippen molar-refractivity contribution in [3.63, 3.8) is 0 Å². The summed E-state index contributed by atoms with van der Waals surface area (Å²) in [6.07, 6.45) is 6.65. The largest absolute Gasteiger partial charge is 0.489 e. The standard InChI is InChI=1S/C26H28N6O2S/c1-16(2)28-13-18(12-27)17-9-22-25(23(10-17)34-20-5-7-33-8-6-20)26(30-14-29-22)32-19-3-4-21-24(11-19)35-15-31-21/h3-4,9-16,20H,5-8,27H2,1-2H3,(H,29,30,32)/b18-12+,28-13?. The Morgan fingerprint density at radius 1 is 1.17 bits per heavy atom. The number of nitrogens with zero attached hydrogens (tertiary/aromatic N) is 4. The average Bonchev–Trinajstić information content (AvgIpc) is 3.33. The first kappa shape index (κ1) is 23.2. The molecule has 0 unspecified atom stereocenters. The Hall–Kier alpha value is -3.56. The second-order valence-corrected chi connectivity index (χ2v) is 9.56. The first-order valence-corrected chi connectivity index (χ1v) is 12.6. The summed E-state index contributed by atoms with van der Waals surface area (Å²) in [6.45, 7) is 5.43. The highest BCUT2D eigenvalue weighted by Crippen LogP contribution is 2.36. The molecule has 1 aliphatic heterocycles. The van der Waals surface area contributed by atoms with Crippen LogP contribution < -0.4 is 15.8 Å². The number of aromatic nitrogens is 3. The van der Waals surface area contributed by atoms with Gasteiger partial charge in [-0.3, -0.25) is 4.99 Å². The van der Waals surface area contributed by atoms with E-state index in [2.05, 4.69) is 31.3 Å². The first-order valence-electron chi connectivity index (χ1n) is 11.7. The van der Waals surface area contributed by atoms with Gasteiger partial charge in [0.1, 0.15) is 24.0 Å². The number of nitrogens with two attached hydrogens (primary N) is 1. The normalized spacial score (nSPS) is 15.5. The van der Waals surface area contributed by atoms with Crippen molar-refractivity contribution in [2.75, 3.05) is 18.5 Å². The predicted octanol–water partition coefficient (Wildman–Crippen LogP) is 5.32. The van der Waals surface area contributed by atoms with E-state index in [4.69, 9.17) is 15.2 Å². The number of anilines is 2. The third kappa shape index (κ3) is 5.26. The van der Waals surface area contributed by atoms with Crippen LogP contribution in [-0.4, -0.2) is 46.5 Å². The number of ether oxygens (including phenoxy) is 2. The summed E-state index contributed by atoms with van der Waals surface area (Å²) in [5.41, 5.74) is 12.2. The van der Waals surface area contributed by atoms with E-state index in [9.17, 15) is 0 Å². The van der Waals surface area contributed by atoms with Gasteiger partial charge in [0.25, 0.3) is 0 Å². The number of benzene rings is 2. The summed E-state index contributed by atoms with van der Waals surface area (Å²) in [7, 11) is 0. The van der Waals surface area contributed by atoms with Crippen LogP contribution in [0.5, 0.6) is 5.75 Å². The van der Waals surface area contributed by atoms with Crippen LogP contribution >= 0.6 is 11.3 Å². The highest BCUT2D eigenvalue weighted by Gasteiger charge is 2.20. The molecular weight excluding hydrogens is 460 g/mol. The quantitative estimate of drug-likeness (QED) is 0.339. The molecule has 35 heavy (non-hydrogen) atoms. The third-order valence-corrected chi connectivity index (χ3v) is 6.57. The fourth-order valence-corrected chi connectivity index (χ4v) is 4.71.